The standard InChI is InChI=1S/C32H39P/c1-29(2,3)27-28(31(7,8)24-18-12-9-13-19-24)32(27,30(4,5)6)33(25-20-14-10-15-21-25)26-22-16-11-17-23-26/h9-23H,1-8H3. The van der Waals surface area contributed by atoms with Crippen LogP contribution < -0.4 is 10.6 Å². The summed E-state index contributed by atoms with van der Waals surface area (Å²) in [7, 11) is -0.643. The fourth-order valence-corrected chi connectivity index (χ4v) is 9.87. The zero-order chi connectivity index (χ0) is 24.1. The summed E-state index contributed by atoms with van der Waals surface area (Å²) in [6.07, 6.45) is 0. The van der Waals surface area contributed by atoms with Gasteiger partial charge in [0.1, 0.15) is 0 Å². The van der Waals surface area contributed by atoms with Gasteiger partial charge in [-0.05, 0) is 46.1 Å². The topological polar surface area (TPSA) is 0 Å². The molecule has 172 valence electrons. The van der Waals surface area contributed by atoms with Gasteiger partial charge in [0.2, 0.25) is 0 Å². The summed E-state index contributed by atoms with van der Waals surface area (Å²) >= 11 is 0. The van der Waals surface area contributed by atoms with Crippen LogP contribution in [0.4, 0.5) is 0 Å². The largest absolute Gasteiger partial charge is 0.0622 e. The highest BCUT2D eigenvalue weighted by molar-refractivity contribution is 7.75. The molecule has 0 radical (unpaired) electrons. The van der Waals surface area contributed by atoms with Crippen LogP contribution in [0.5, 0.6) is 0 Å². The number of hydrogen-bond acceptors (Lipinski definition) is 0. The molecule has 33 heavy (non-hydrogen) atoms. The third-order valence-electron chi connectivity index (χ3n) is 7.23. The summed E-state index contributed by atoms with van der Waals surface area (Å²) in [5, 5.41) is 2.95. The monoisotopic (exact) mass is 454 g/mol. The molecule has 0 spiro atoms. The van der Waals surface area contributed by atoms with E-state index in [9.17, 15) is 0 Å². The minimum Gasteiger partial charge on any atom is -0.0622 e. The van der Waals surface area contributed by atoms with Crippen LogP contribution in [0.25, 0.3) is 0 Å². The van der Waals surface area contributed by atoms with Crippen LogP contribution in [0.3, 0.4) is 0 Å². The van der Waals surface area contributed by atoms with Crippen LogP contribution in [0.2, 0.25) is 0 Å². The van der Waals surface area contributed by atoms with Crippen molar-refractivity contribution in [3.63, 3.8) is 0 Å². The van der Waals surface area contributed by atoms with Crippen molar-refractivity contribution in [1.82, 2.24) is 0 Å². The van der Waals surface area contributed by atoms with E-state index in [1.54, 1.807) is 11.1 Å². The average Bonchev–Trinajstić information content (AvgIpc) is 3.49. The Morgan fingerprint density at radius 3 is 1.27 bits per heavy atom. The summed E-state index contributed by atoms with van der Waals surface area (Å²) in [5.41, 5.74) is 4.85. The molecule has 0 bridgehead atoms. The molecule has 3 aromatic carbocycles. The third kappa shape index (κ3) is 3.91. The molecule has 0 N–H and O–H groups in total. The van der Waals surface area contributed by atoms with E-state index in [0.717, 1.165) is 0 Å². The molecule has 1 unspecified atom stereocenters. The summed E-state index contributed by atoms with van der Waals surface area (Å²) in [6.45, 7) is 19.5. The van der Waals surface area contributed by atoms with E-state index in [1.807, 2.05) is 0 Å². The number of allylic oxidation sites excluding steroid dienone is 2. The summed E-state index contributed by atoms with van der Waals surface area (Å²) < 4.78 is 0. The van der Waals surface area contributed by atoms with E-state index in [4.69, 9.17) is 0 Å². The molecule has 0 heterocycles. The van der Waals surface area contributed by atoms with Gasteiger partial charge in [0, 0.05) is 10.6 Å². The molecule has 3 aromatic rings. The molecule has 1 heteroatoms. The van der Waals surface area contributed by atoms with Crippen molar-refractivity contribution < 1.29 is 0 Å². The lowest BCUT2D eigenvalue weighted by atomic mass is 9.74. The zero-order valence-electron chi connectivity index (χ0n) is 21.6. The second-order valence-electron chi connectivity index (χ2n) is 12.0. The Balaban J connectivity index is 2.04. The van der Waals surface area contributed by atoms with Crippen molar-refractivity contribution in [3.05, 3.63) is 108 Å². The van der Waals surface area contributed by atoms with Gasteiger partial charge in [-0.15, -0.1) is 0 Å². The molecule has 0 saturated heterocycles. The van der Waals surface area contributed by atoms with Crippen LogP contribution in [0, 0.1) is 10.8 Å². The lowest BCUT2D eigenvalue weighted by molar-refractivity contribution is 0.349. The van der Waals surface area contributed by atoms with Gasteiger partial charge < -0.3 is 0 Å². The number of rotatable bonds is 5. The molecular weight excluding hydrogens is 415 g/mol. The Kier molecular flexibility index (Phi) is 5.99. The van der Waals surface area contributed by atoms with Gasteiger partial charge in [-0.3, -0.25) is 0 Å². The van der Waals surface area contributed by atoms with Gasteiger partial charge in [-0.1, -0.05) is 146 Å². The first-order chi connectivity index (χ1) is 15.4. The molecule has 0 aliphatic heterocycles. The van der Waals surface area contributed by atoms with Gasteiger partial charge in [-0.25, -0.2) is 0 Å². The molecule has 0 fully saturated rings. The van der Waals surface area contributed by atoms with Crippen LogP contribution in [0.1, 0.15) is 61.0 Å². The van der Waals surface area contributed by atoms with E-state index >= 15 is 0 Å². The van der Waals surface area contributed by atoms with E-state index in [1.165, 1.54) is 16.2 Å². The highest BCUT2D eigenvalue weighted by atomic mass is 31.1. The predicted octanol–water partition coefficient (Wildman–Crippen LogP) is 8.24. The van der Waals surface area contributed by atoms with Crippen LogP contribution in [-0.4, -0.2) is 5.16 Å². The van der Waals surface area contributed by atoms with Crippen LogP contribution in [-0.2, 0) is 5.41 Å². The molecule has 0 aromatic heterocycles. The van der Waals surface area contributed by atoms with Crippen molar-refractivity contribution in [2.24, 2.45) is 10.8 Å². The first-order valence-corrected chi connectivity index (χ1v) is 13.5. The molecule has 0 amide bonds. The lowest BCUT2D eigenvalue weighted by Gasteiger charge is -2.46. The molecule has 1 aliphatic carbocycles. The lowest BCUT2D eigenvalue weighted by Crippen LogP contribution is -2.42. The van der Waals surface area contributed by atoms with E-state index in [-0.39, 0.29) is 21.4 Å². The van der Waals surface area contributed by atoms with E-state index in [2.05, 4.69) is 146 Å². The predicted molar refractivity (Wildman–Crippen MR) is 147 cm³/mol. The van der Waals surface area contributed by atoms with Gasteiger partial charge >= 0.3 is 0 Å². The van der Waals surface area contributed by atoms with Crippen molar-refractivity contribution in [1.29, 1.82) is 0 Å². The number of hydrogen-bond donors (Lipinski definition) is 0. The average molecular weight is 455 g/mol. The molecule has 0 nitrogen and oxygen atoms in total. The molecule has 0 saturated carbocycles. The zero-order valence-corrected chi connectivity index (χ0v) is 22.5. The Morgan fingerprint density at radius 1 is 0.515 bits per heavy atom. The van der Waals surface area contributed by atoms with Gasteiger partial charge in [0.25, 0.3) is 0 Å². The van der Waals surface area contributed by atoms with Gasteiger partial charge in [0.05, 0.1) is 0 Å². The summed E-state index contributed by atoms with van der Waals surface area (Å²) in [6, 6.07) is 33.7. The van der Waals surface area contributed by atoms with E-state index < -0.39 is 7.92 Å². The SMILES string of the molecule is CC(C)(C)C1=C(C(C)(C)c2ccccc2)C1(P(c1ccccc1)c1ccccc1)C(C)(C)C. The second kappa shape index (κ2) is 8.25. The fraction of sp³-hybridized carbons (Fsp3) is 0.375. The summed E-state index contributed by atoms with van der Waals surface area (Å²) in [5.74, 6) is 0. The highest BCUT2D eigenvalue weighted by Crippen LogP contribution is 2.79. The summed E-state index contributed by atoms with van der Waals surface area (Å²) in [4.78, 5) is 0. The minimum atomic E-state index is -0.643. The first-order valence-electron chi connectivity index (χ1n) is 12.2. The van der Waals surface area contributed by atoms with Gasteiger partial charge in [-0.2, -0.15) is 0 Å². The van der Waals surface area contributed by atoms with Crippen molar-refractivity contribution >= 4 is 18.5 Å². The van der Waals surface area contributed by atoms with Crippen molar-refractivity contribution in [3.8, 4) is 0 Å². The van der Waals surface area contributed by atoms with Crippen molar-refractivity contribution in [2.75, 3.05) is 0 Å². The Labute approximate surface area is 202 Å². The Bertz CT molecular complexity index is 1090. The minimum absolute atomic E-state index is 0.0165. The van der Waals surface area contributed by atoms with Crippen LogP contribution >= 0.6 is 7.92 Å². The van der Waals surface area contributed by atoms with Crippen LogP contribution in [0.15, 0.2) is 102 Å². The quantitative estimate of drug-likeness (QED) is 0.269. The molecular formula is C32H39P. The number of benzene rings is 3. The maximum atomic E-state index is 2.47. The van der Waals surface area contributed by atoms with Gasteiger partial charge in [0.15, 0.2) is 0 Å². The third-order valence-corrected chi connectivity index (χ3v) is 10.6. The van der Waals surface area contributed by atoms with Crippen molar-refractivity contribution in [2.45, 2.75) is 66.0 Å². The first kappa shape index (κ1) is 24.0. The molecule has 4 rings (SSSR count). The molecule has 1 aliphatic rings. The Morgan fingerprint density at radius 2 is 0.909 bits per heavy atom. The maximum absolute atomic E-state index is 2.47. The second-order valence-corrected chi connectivity index (χ2v) is 14.3. The maximum Gasteiger partial charge on any atom is 0.0471 e. The molecule has 1 atom stereocenters. The van der Waals surface area contributed by atoms with E-state index in [0.29, 0.717) is 0 Å². The Hall–Kier alpha value is -2.17. The highest BCUT2D eigenvalue weighted by Gasteiger charge is 2.70. The normalized spacial score (nSPS) is 19.2. The smallest absolute Gasteiger partial charge is 0.0471 e. The fourth-order valence-electron chi connectivity index (χ4n) is 5.95.